The second kappa shape index (κ2) is 19.3. The maximum Gasteiger partial charge on any atom is 0.319 e. The van der Waals surface area contributed by atoms with Gasteiger partial charge in [-0.05, 0) is 57.5 Å². The lowest BCUT2D eigenvalue weighted by Crippen LogP contribution is -2.31. The van der Waals surface area contributed by atoms with Crippen LogP contribution in [0.25, 0.3) is 32.7 Å². The van der Waals surface area contributed by atoms with Crippen LogP contribution in [0, 0.1) is 0 Å². The number of unbranched alkanes of at least 4 members (excludes halogenated alkanes) is 1. The molecule has 252 valence electrons. The molecular weight excluding hydrogens is 594 g/mol. The van der Waals surface area contributed by atoms with Crippen LogP contribution in [0.4, 0.5) is 10.5 Å². The molecule has 5 rings (SSSR count). The fourth-order valence-corrected chi connectivity index (χ4v) is 5.64. The molecule has 2 N–H and O–H groups in total. The molecular formula is C38H49N3O6. The number of benzene rings is 4. The van der Waals surface area contributed by atoms with Crippen molar-refractivity contribution in [2.45, 2.75) is 26.3 Å². The molecule has 4 aromatic carbocycles. The second-order valence-corrected chi connectivity index (χ2v) is 11.7. The van der Waals surface area contributed by atoms with Gasteiger partial charge in [-0.1, -0.05) is 67.9 Å². The van der Waals surface area contributed by atoms with E-state index in [4.69, 9.17) is 23.7 Å². The Kier molecular flexibility index (Phi) is 14.3. The Morgan fingerprint density at radius 3 is 1.79 bits per heavy atom. The maximum atomic E-state index is 12.6. The van der Waals surface area contributed by atoms with Crippen molar-refractivity contribution in [1.29, 1.82) is 0 Å². The van der Waals surface area contributed by atoms with Gasteiger partial charge in [0.2, 0.25) is 0 Å². The highest BCUT2D eigenvalue weighted by atomic mass is 16.6. The van der Waals surface area contributed by atoms with Gasteiger partial charge in [0, 0.05) is 31.6 Å². The van der Waals surface area contributed by atoms with E-state index in [-0.39, 0.29) is 6.03 Å². The van der Waals surface area contributed by atoms with Gasteiger partial charge in [0.15, 0.2) is 0 Å². The largest absolute Gasteiger partial charge is 0.378 e. The zero-order valence-corrected chi connectivity index (χ0v) is 27.6. The summed E-state index contributed by atoms with van der Waals surface area (Å²) in [5, 5.41) is 10.5. The molecule has 1 aliphatic heterocycles. The van der Waals surface area contributed by atoms with E-state index in [0.29, 0.717) is 72.6 Å². The number of nitrogens with one attached hydrogen (secondary N) is 2. The number of ether oxygens (including phenoxy) is 5. The molecule has 0 aromatic heterocycles. The molecule has 2 amide bonds. The number of carbonyl (C=O) groups is 1. The van der Waals surface area contributed by atoms with Crippen LogP contribution in [0.5, 0.6) is 0 Å². The molecule has 1 fully saturated rings. The van der Waals surface area contributed by atoms with Crippen LogP contribution in [0.15, 0.2) is 72.8 Å². The fraction of sp³-hybridized carbons (Fsp3) is 0.447. The Labute approximate surface area is 278 Å². The topological polar surface area (TPSA) is 90.5 Å². The summed E-state index contributed by atoms with van der Waals surface area (Å²) >= 11 is 0. The van der Waals surface area contributed by atoms with Crippen LogP contribution in [0.2, 0.25) is 0 Å². The first-order valence-corrected chi connectivity index (χ1v) is 16.9. The number of anilines is 1. The van der Waals surface area contributed by atoms with Crippen LogP contribution in [0.1, 0.15) is 25.3 Å². The van der Waals surface area contributed by atoms with Gasteiger partial charge in [-0.3, -0.25) is 4.90 Å². The molecule has 9 heteroatoms. The third-order valence-corrected chi connectivity index (χ3v) is 8.24. The Morgan fingerprint density at radius 1 is 0.660 bits per heavy atom. The molecule has 0 bridgehead atoms. The molecule has 0 unspecified atom stereocenters. The summed E-state index contributed by atoms with van der Waals surface area (Å²) in [5.74, 6) is 0. The molecule has 47 heavy (non-hydrogen) atoms. The SMILES string of the molecule is CCCCNC(=O)Nc1cccc2ccc(-c3ccc4cccc(CN5CCOCCOCCOCCOCCOCC5)c4c3)cc12. The summed E-state index contributed by atoms with van der Waals surface area (Å²) < 4.78 is 28.6. The lowest BCUT2D eigenvalue weighted by atomic mass is 9.96. The summed E-state index contributed by atoms with van der Waals surface area (Å²) in [6, 6.07) is 25.4. The molecule has 9 nitrogen and oxygen atoms in total. The van der Waals surface area contributed by atoms with E-state index in [9.17, 15) is 4.79 Å². The number of nitrogens with zero attached hydrogens (tertiary/aromatic N) is 1. The Hall–Kier alpha value is -3.57. The van der Waals surface area contributed by atoms with Crippen molar-refractivity contribution in [3.05, 3.63) is 78.4 Å². The normalized spacial score (nSPS) is 16.8. The first-order chi connectivity index (χ1) is 23.2. The lowest BCUT2D eigenvalue weighted by Gasteiger charge is -2.23. The Bertz CT molecular complexity index is 1530. The molecule has 1 saturated heterocycles. The highest BCUT2D eigenvalue weighted by Gasteiger charge is 2.12. The van der Waals surface area contributed by atoms with Crippen molar-refractivity contribution < 1.29 is 28.5 Å². The van der Waals surface area contributed by atoms with Crippen molar-refractivity contribution in [2.75, 3.05) is 91.0 Å². The van der Waals surface area contributed by atoms with Crippen molar-refractivity contribution in [3.8, 4) is 11.1 Å². The van der Waals surface area contributed by atoms with E-state index in [1.807, 2.05) is 12.1 Å². The minimum absolute atomic E-state index is 0.177. The number of amides is 2. The zero-order valence-electron chi connectivity index (χ0n) is 27.6. The van der Waals surface area contributed by atoms with Crippen molar-refractivity contribution in [2.24, 2.45) is 0 Å². The molecule has 0 saturated carbocycles. The number of fused-ring (bicyclic) bond motifs is 2. The van der Waals surface area contributed by atoms with Crippen LogP contribution in [-0.4, -0.2) is 96.6 Å². The predicted octanol–water partition coefficient (Wildman–Crippen LogP) is 6.48. The van der Waals surface area contributed by atoms with Gasteiger partial charge in [0.05, 0.1) is 71.8 Å². The van der Waals surface area contributed by atoms with Gasteiger partial charge in [0.1, 0.15) is 0 Å². The first-order valence-electron chi connectivity index (χ1n) is 16.9. The van der Waals surface area contributed by atoms with Crippen molar-refractivity contribution in [1.82, 2.24) is 10.2 Å². The third-order valence-electron chi connectivity index (χ3n) is 8.24. The van der Waals surface area contributed by atoms with Gasteiger partial charge in [-0.15, -0.1) is 0 Å². The van der Waals surface area contributed by atoms with Gasteiger partial charge < -0.3 is 34.3 Å². The highest BCUT2D eigenvalue weighted by molar-refractivity contribution is 6.03. The molecule has 0 spiro atoms. The zero-order chi connectivity index (χ0) is 32.5. The van der Waals surface area contributed by atoms with E-state index in [1.165, 1.54) is 16.3 Å². The number of hydrogen-bond donors (Lipinski definition) is 2. The first kappa shape index (κ1) is 34.8. The van der Waals surface area contributed by atoms with Gasteiger partial charge >= 0.3 is 6.03 Å². The average molecular weight is 644 g/mol. The summed E-state index contributed by atoms with van der Waals surface area (Å²) in [4.78, 5) is 15.0. The van der Waals surface area contributed by atoms with Crippen LogP contribution >= 0.6 is 0 Å². The molecule has 4 aromatic rings. The molecule has 1 heterocycles. The number of urea groups is 1. The fourth-order valence-electron chi connectivity index (χ4n) is 5.64. The highest BCUT2D eigenvalue weighted by Crippen LogP contribution is 2.32. The van der Waals surface area contributed by atoms with E-state index in [1.54, 1.807) is 0 Å². The van der Waals surface area contributed by atoms with Gasteiger partial charge in [-0.2, -0.15) is 0 Å². The number of rotatable bonds is 7. The summed E-state index contributed by atoms with van der Waals surface area (Å²) in [6.07, 6.45) is 1.99. The smallest absolute Gasteiger partial charge is 0.319 e. The van der Waals surface area contributed by atoms with Gasteiger partial charge in [0.25, 0.3) is 0 Å². The minimum Gasteiger partial charge on any atom is -0.378 e. The van der Waals surface area contributed by atoms with E-state index in [0.717, 1.165) is 60.1 Å². The van der Waals surface area contributed by atoms with E-state index < -0.39 is 0 Å². The van der Waals surface area contributed by atoms with Crippen LogP contribution in [0.3, 0.4) is 0 Å². The number of carbonyl (C=O) groups excluding carboxylic acids is 1. The predicted molar refractivity (Wildman–Crippen MR) is 188 cm³/mol. The summed E-state index contributed by atoms with van der Waals surface area (Å²) in [7, 11) is 0. The van der Waals surface area contributed by atoms with Gasteiger partial charge in [-0.25, -0.2) is 4.79 Å². The van der Waals surface area contributed by atoms with Crippen molar-refractivity contribution in [3.63, 3.8) is 0 Å². The molecule has 0 atom stereocenters. The second-order valence-electron chi connectivity index (χ2n) is 11.7. The quantitative estimate of drug-likeness (QED) is 0.223. The Morgan fingerprint density at radius 2 is 1.19 bits per heavy atom. The van der Waals surface area contributed by atoms with E-state index >= 15 is 0 Å². The molecule has 1 aliphatic rings. The monoisotopic (exact) mass is 643 g/mol. The minimum atomic E-state index is -0.177. The third kappa shape index (κ3) is 11.0. The summed E-state index contributed by atoms with van der Waals surface area (Å²) in [6.45, 7) is 10.8. The molecule has 0 aliphatic carbocycles. The van der Waals surface area contributed by atoms with Crippen LogP contribution < -0.4 is 10.6 Å². The van der Waals surface area contributed by atoms with Crippen molar-refractivity contribution >= 4 is 33.3 Å². The van der Waals surface area contributed by atoms with E-state index in [2.05, 4.69) is 83.1 Å². The standard InChI is InChI=1S/C38H49N3O6/c1-2-3-14-39-38(42)40-37-9-5-7-31-11-13-33(28-36(31)37)32-12-10-30-6-4-8-34(35(30)27-32)29-41-15-17-43-19-21-45-23-25-47-26-24-46-22-20-44-18-16-41/h4-13,27-28H,2-3,14-26,29H2,1H3,(H2,39,40,42). The van der Waals surface area contributed by atoms with Crippen LogP contribution in [-0.2, 0) is 30.2 Å². The maximum absolute atomic E-state index is 12.6. The Balaban J connectivity index is 1.32. The summed E-state index contributed by atoms with van der Waals surface area (Å²) in [5.41, 5.74) is 4.29. The lowest BCUT2D eigenvalue weighted by molar-refractivity contribution is -0.0189. The number of hydrogen-bond acceptors (Lipinski definition) is 7. The molecule has 0 radical (unpaired) electrons. The average Bonchev–Trinajstić information content (AvgIpc) is 3.09.